The molecule has 5 heteroatoms. The van der Waals surface area contributed by atoms with Crippen LogP contribution in [0.4, 0.5) is 34.1 Å². The highest BCUT2D eigenvalue weighted by Crippen LogP contribution is 2.52. The SMILES string of the molecule is c1ccc(N2C3CC4CC2CC(C3)N4c2cccc(-c3ccc(N(c4ccc(-c5cccc(N6C7CC8CC(C7)CC6C8)c5)cc4)c4cccc5c4oc4ccccc45)cc3)c2)cc1. The van der Waals surface area contributed by atoms with Gasteiger partial charge in [0.15, 0.2) is 5.58 Å². The van der Waals surface area contributed by atoms with E-state index in [4.69, 9.17) is 4.42 Å². The molecule has 64 heavy (non-hydrogen) atoms. The van der Waals surface area contributed by atoms with Crippen molar-refractivity contribution < 1.29 is 4.42 Å². The molecule has 5 nitrogen and oxygen atoms in total. The quantitative estimate of drug-likeness (QED) is 0.152. The molecule has 0 spiro atoms. The third kappa shape index (κ3) is 5.96. The summed E-state index contributed by atoms with van der Waals surface area (Å²) < 4.78 is 6.69. The molecule has 6 aliphatic heterocycles. The van der Waals surface area contributed by atoms with Crippen LogP contribution in [-0.2, 0) is 0 Å². The van der Waals surface area contributed by atoms with E-state index in [1.165, 1.54) is 97.1 Å². The molecule has 2 aliphatic carbocycles. The van der Waals surface area contributed by atoms with E-state index >= 15 is 0 Å². The number of anilines is 6. The molecule has 8 aromatic rings. The molecule has 0 N–H and O–H groups in total. The minimum absolute atomic E-state index is 0.602. The molecule has 8 fully saturated rings. The highest BCUT2D eigenvalue weighted by Gasteiger charge is 2.51. The normalized spacial score (nSPS) is 26.4. The Hall–Kier alpha value is -6.46. The summed E-state index contributed by atoms with van der Waals surface area (Å²) in [5, 5.41) is 2.27. The van der Waals surface area contributed by atoms with Gasteiger partial charge in [0.05, 0.1) is 5.69 Å². The Balaban J connectivity index is 0.781. The smallest absolute Gasteiger partial charge is 0.159 e. The summed E-state index contributed by atoms with van der Waals surface area (Å²) in [7, 11) is 0. The number of hydrogen-bond donors (Lipinski definition) is 0. The number of piperidine rings is 6. The van der Waals surface area contributed by atoms with Gasteiger partial charge in [-0.2, -0.15) is 0 Å². The zero-order valence-electron chi connectivity index (χ0n) is 36.3. The maximum absolute atomic E-state index is 6.69. The van der Waals surface area contributed by atoms with Crippen LogP contribution in [-0.4, -0.2) is 36.3 Å². The van der Waals surface area contributed by atoms with Crippen LogP contribution in [0.5, 0.6) is 0 Å². The Morgan fingerprint density at radius 3 is 1.38 bits per heavy atom. The van der Waals surface area contributed by atoms with Gasteiger partial charge in [0.2, 0.25) is 0 Å². The molecular weight excluding hydrogens is 781 g/mol. The van der Waals surface area contributed by atoms with Crippen LogP contribution < -0.4 is 19.6 Å². The maximum atomic E-state index is 6.69. The summed E-state index contributed by atoms with van der Waals surface area (Å²) in [6, 6.07) is 67.2. The lowest BCUT2D eigenvalue weighted by atomic mass is 9.63. The Kier molecular flexibility index (Phi) is 8.40. The van der Waals surface area contributed by atoms with E-state index < -0.39 is 0 Å². The number of para-hydroxylation sites is 3. The molecule has 0 radical (unpaired) electrons. The van der Waals surface area contributed by atoms with Crippen LogP contribution in [0.1, 0.15) is 57.8 Å². The number of rotatable bonds is 8. The Bertz CT molecular complexity index is 2970. The fraction of sp³-hybridized carbons (Fsp3) is 0.288. The van der Waals surface area contributed by atoms with E-state index in [1.54, 1.807) is 0 Å². The number of hydrogen-bond acceptors (Lipinski definition) is 5. The molecule has 8 bridgehead atoms. The first-order chi connectivity index (χ1) is 31.6. The fourth-order valence-corrected chi connectivity index (χ4v) is 14.2. The monoisotopic (exact) mass is 834 g/mol. The molecule has 7 heterocycles. The molecule has 6 saturated heterocycles. The second-order valence-electron chi connectivity index (χ2n) is 20.1. The Labute approximate surface area is 376 Å². The maximum Gasteiger partial charge on any atom is 0.159 e. The Morgan fingerprint density at radius 2 is 0.812 bits per heavy atom. The second-order valence-corrected chi connectivity index (χ2v) is 20.1. The van der Waals surface area contributed by atoms with Gasteiger partial charge >= 0.3 is 0 Å². The average molecular weight is 835 g/mol. The van der Waals surface area contributed by atoms with Gasteiger partial charge in [0.1, 0.15) is 5.58 Å². The average Bonchev–Trinajstić information content (AvgIpc) is 3.72. The predicted molar refractivity (Wildman–Crippen MR) is 264 cm³/mol. The zero-order chi connectivity index (χ0) is 41.9. The minimum Gasteiger partial charge on any atom is -0.454 e. The van der Waals surface area contributed by atoms with Crippen molar-refractivity contribution in [3.05, 3.63) is 170 Å². The van der Waals surface area contributed by atoms with Gasteiger partial charge in [-0.15, -0.1) is 0 Å². The molecule has 0 atom stereocenters. The summed E-state index contributed by atoms with van der Waals surface area (Å²) in [5.41, 5.74) is 14.3. The minimum atomic E-state index is 0.602. The van der Waals surface area contributed by atoms with Gasteiger partial charge in [-0.25, -0.2) is 0 Å². The molecule has 1 aromatic heterocycles. The lowest BCUT2D eigenvalue weighted by molar-refractivity contribution is 0.0900. The second kappa shape index (κ2) is 14.5. The molecule has 7 aromatic carbocycles. The summed E-state index contributed by atoms with van der Waals surface area (Å²) in [6.07, 6.45) is 11.9. The summed E-state index contributed by atoms with van der Waals surface area (Å²) >= 11 is 0. The van der Waals surface area contributed by atoms with Crippen molar-refractivity contribution in [3.63, 3.8) is 0 Å². The highest BCUT2D eigenvalue weighted by molar-refractivity contribution is 6.10. The van der Waals surface area contributed by atoms with Gasteiger partial charge in [-0.05, 0) is 165 Å². The lowest BCUT2D eigenvalue weighted by Gasteiger charge is -2.62. The van der Waals surface area contributed by atoms with Crippen molar-refractivity contribution in [2.24, 2.45) is 11.8 Å². The van der Waals surface area contributed by atoms with Gasteiger partial charge in [-0.3, -0.25) is 0 Å². The molecule has 0 unspecified atom stereocenters. The Morgan fingerprint density at radius 1 is 0.359 bits per heavy atom. The van der Waals surface area contributed by atoms with Crippen molar-refractivity contribution in [2.75, 3.05) is 19.6 Å². The van der Waals surface area contributed by atoms with Crippen LogP contribution in [0.25, 0.3) is 44.2 Å². The van der Waals surface area contributed by atoms with E-state index in [9.17, 15) is 0 Å². The number of furan rings is 1. The zero-order valence-corrected chi connectivity index (χ0v) is 36.3. The third-order valence-corrected chi connectivity index (χ3v) is 16.5. The lowest BCUT2D eigenvalue weighted by Crippen LogP contribution is -2.69. The standard InChI is InChI=1S/C59H54N4O/c1-2-11-44(12-3-1)60-51-34-53-36-52(60)37-54(35-51)62(53)48-14-7-10-43(33-48)41-21-25-46(26-22-41)63(57-17-8-16-56-55-15-4-5-18-58(55)64-59(56)57)45-23-19-40(20-24-45)42-9-6-13-47(32-42)61-49-28-38-27-39(30-49)31-50(61)29-38/h1-26,32-33,38-39,49-54H,27-31,34-37H2. The summed E-state index contributed by atoms with van der Waals surface area (Å²) in [5.74, 6) is 1.90. The molecule has 8 aliphatic rings. The topological polar surface area (TPSA) is 26.1 Å². The van der Waals surface area contributed by atoms with E-state index in [1.807, 2.05) is 0 Å². The van der Waals surface area contributed by atoms with E-state index in [0.29, 0.717) is 36.3 Å². The predicted octanol–water partition coefficient (Wildman–Crippen LogP) is 14.5. The molecule has 2 saturated carbocycles. The number of nitrogens with zero attached hydrogens (tertiary/aromatic N) is 4. The first-order valence-electron chi connectivity index (χ1n) is 24.2. The highest BCUT2D eigenvalue weighted by atomic mass is 16.3. The molecular formula is C59H54N4O. The summed E-state index contributed by atoms with van der Waals surface area (Å²) in [4.78, 5) is 10.7. The van der Waals surface area contributed by atoms with Gasteiger partial charge in [0, 0.05) is 75.5 Å². The van der Waals surface area contributed by atoms with Gasteiger partial charge in [-0.1, -0.05) is 97.1 Å². The van der Waals surface area contributed by atoms with E-state index in [-0.39, 0.29) is 0 Å². The number of benzene rings is 7. The van der Waals surface area contributed by atoms with Crippen molar-refractivity contribution in [2.45, 2.75) is 94.0 Å². The van der Waals surface area contributed by atoms with E-state index in [0.717, 1.165) is 50.8 Å². The van der Waals surface area contributed by atoms with Crippen molar-refractivity contribution in [3.8, 4) is 22.3 Å². The van der Waals surface area contributed by atoms with Crippen molar-refractivity contribution in [1.29, 1.82) is 0 Å². The number of fused-ring (bicyclic) bond motifs is 3. The fourth-order valence-electron chi connectivity index (χ4n) is 14.2. The molecule has 316 valence electrons. The van der Waals surface area contributed by atoms with Crippen molar-refractivity contribution >= 4 is 56.1 Å². The van der Waals surface area contributed by atoms with Gasteiger partial charge < -0.3 is 24.0 Å². The van der Waals surface area contributed by atoms with Crippen LogP contribution in [0.3, 0.4) is 0 Å². The molecule has 16 rings (SSSR count). The third-order valence-electron chi connectivity index (χ3n) is 16.5. The first kappa shape index (κ1) is 37.0. The summed E-state index contributed by atoms with van der Waals surface area (Å²) in [6.45, 7) is 0. The van der Waals surface area contributed by atoms with Crippen LogP contribution in [0.2, 0.25) is 0 Å². The van der Waals surface area contributed by atoms with Crippen LogP contribution in [0.15, 0.2) is 174 Å². The van der Waals surface area contributed by atoms with Gasteiger partial charge in [0.25, 0.3) is 0 Å². The largest absolute Gasteiger partial charge is 0.454 e. The van der Waals surface area contributed by atoms with Crippen molar-refractivity contribution in [1.82, 2.24) is 0 Å². The molecule has 0 amide bonds. The van der Waals surface area contributed by atoms with Crippen LogP contribution in [0, 0.1) is 11.8 Å². The first-order valence-corrected chi connectivity index (χ1v) is 24.2. The van der Waals surface area contributed by atoms with E-state index in [2.05, 4.69) is 189 Å². The van der Waals surface area contributed by atoms with Crippen LogP contribution >= 0.6 is 0 Å².